The first-order valence-electron chi connectivity index (χ1n) is 9.05. The van der Waals surface area contributed by atoms with Crippen LogP contribution in [0, 0.1) is 18.3 Å². The maximum Gasteiger partial charge on any atom is 0.266 e. The first-order valence-corrected chi connectivity index (χ1v) is 9.43. The molecular formula is C22H24ClN3O2. The normalized spacial score (nSPS) is 10.9. The number of aryl methyl sites for hydroxylation is 1. The number of halogens is 1. The molecule has 0 aromatic heterocycles. The van der Waals surface area contributed by atoms with Gasteiger partial charge in [0.2, 0.25) is 0 Å². The van der Waals surface area contributed by atoms with E-state index in [1.165, 1.54) is 6.08 Å². The number of nitriles is 1. The van der Waals surface area contributed by atoms with Crippen molar-refractivity contribution in [3.63, 3.8) is 0 Å². The smallest absolute Gasteiger partial charge is 0.266 e. The molecule has 0 unspecified atom stereocenters. The molecule has 2 rings (SSSR count). The fourth-order valence-corrected chi connectivity index (χ4v) is 2.96. The maximum absolute atomic E-state index is 12.5. The van der Waals surface area contributed by atoms with Crippen LogP contribution in [0.2, 0.25) is 5.02 Å². The SMILES string of the molecule is CCN(CC)c1ccc(/C=C(/C#N)C(=O)Nc2ccc(C)c(Cl)c2)c(OC)c1. The molecule has 28 heavy (non-hydrogen) atoms. The van der Waals surface area contributed by atoms with Crippen LogP contribution in [0.5, 0.6) is 5.75 Å². The van der Waals surface area contributed by atoms with Crippen LogP contribution in [0.3, 0.4) is 0 Å². The maximum atomic E-state index is 12.5. The predicted molar refractivity (Wildman–Crippen MR) is 115 cm³/mol. The summed E-state index contributed by atoms with van der Waals surface area (Å²) in [6.45, 7) is 7.79. The van der Waals surface area contributed by atoms with Gasteiger partial charge in [0.05, 0.1) is 7.11 Å². The molecular weight excluding hydrogens is 374 g/mol. The van der Waals surface area contributed by atoms with Gasteiger partial charge in [0.15, 0.2) is 0 Å². The number of amides is 1. The van der Waals surface area contributed by atoms with Crippen molar-refractivity contribution >= 4 is 35.0 Å². The largest absolute Gasteiger partial charge is 0.496 e. The summed E-state index contributed by atoms with van der Waals surface area (Å²) in [7, 11) is 1.57. The van der Waals surface area contributed by atoms with Crippen molar-refractivity contribution in [1.29, 1.82) is 5.26 Å². The first kappa shape index (κ1) is 21.3. The lowest BCUT2D eigenvalue weighted by molar-refractivity contribution is -0.112. The molecule has 0 aliphatic heterocycles. The first-order chi connectivity index (χ1) is 13.4. The Hall–Kier alpha value is -2.97. The number of nitrogens with zero attached hydrogens (tertiary/aromatic N) is 2. The van der Waals surface area contributed by atoms with Crippen molar-refractivity contribution in [2.45, 2.75) is 20.8 Å². The minimum absolute atomic E-state index is 0.0226. The number of methoxy groups -OCH3 is 1. The molecule has 0 fully saturated rings. The third kappa shape index (κ3) is 5.05. The summed E-state index contributed by atoms with van der Waals surface area (Å²) in [5.41, 5.74) is 3.10. The molecule has 0 radical (unpaired) electrons. The van der Waals surface area contributed by atoms with Gasteiger partial charge in [-0.15, -0.1) is 0 Å². The summed E-state index contributed by atoms with van der Waals surface area (Å²) in [5.74, 6) is 0.0978. The summed E-state index contributed by atoms with van der Waals surface area (Å²) in [4.78, 5) is 14.7. The van der Waals surface area contributed by atoms with E-state index in [0.29, 0.717) is 22.0 Å². The summed E-state index contributed by atoms with van der Waals surface area (Å²) in [6, 6.07) is 12.9. The molecule has 0 heterocycles. The molecule has 0 aliphatic carbocycles. The number of nitrogens with one attached hydrogen (secondary N) is 1. The van der Waals surface area contributed by atoms with Gasteiger partial charge in [-0.3, -0.25) is 4.79 Å². The van der Waals surface area contributed by atoms with Gasteiger partial charge in [-0.25, -0.2) is 0 Å². The van der Waals surface area contributed by atoms with Crippen LogP contribution < -0.4 is 15.0 Å². The highest BCUT2D eigenvalue weighted by Gasteiger charge is 2.13. The van der Waals surface area contributed by atoms with Crippen molar-refractivity contribution in [3.05, 3.63) is 58.1 Å². The van der Waals surface area contributed by atoms with Crippen LogP contribution in [-0.4, -0.2) is 26.1 Å². The fourth-order valence-electron chi connectivity index (χ4n) is 2.78. The second-order valence-electron chi connectivity index (χ2n) is 6.19. The minimum Gasteiger partial charge on any atom is -0.496 e. The zero-order chi connectivity index (χ0) is 20.7. The Balaban J connectivity index is 2.31. The molecule has 0 spiro atoms. The fraction of sp³-hybridized carbons (Fsp3) is 0.273. The summed E-state index contributed by atoms with van der Waals surface area (Å²) in [6.07, 6.45) is 1.52. The monoisotopic (exact) mass is 397 g/mol. The Labute approximate surface area is 171 Å². The molecule has 2 aromatic carbocycles. The van der Waals surface area contributed by atoms with Crippen LogP contribution in [0.25, 0.3) is 6.08 Å². The van der Waals surface area contributed by atoms with E-state index in [4.69, 9.17) is 16.3 Å². The zero-order valence-corrected chi connectivity index (χ0v) is 17.3. The Kier molecular flexibility index (Phi) is 7.48. The number of anilines is 2. The van der Waals surface area contributed by atoms with E-state index in [-0.39, 0.29) is 5.57 Å². The van der Waals surface area contributed by atoms with Gasteiger partial charge >= 0.3 is 0 Å². The number of rotatable bonds is 7. The van der Waals surface area contributed by atoms with Gasteiger partial charge in [0.25, 0.3) is 5.91 Å². The van der Waals surface area contributed by atoms with E-state index in [1.54, 1.807) is 19.2 Å². The molecule has 0 atom stereocenters. The highest BCUT2D eigenvalue weighted by atomic mass is 35.5. The summed E-state index contributed by atoms with van der Waals surface area (Å²) < 4.78 is 5.47. The lowest BCUT2D eigenvalue weighted by Gasteiger charge is -2.22. The molecule has 1 amide bonds. The molecule has 146 valence electrons. The lowest BCUT2D eigenvalue weighted by Crippen LogP contribution is -2.21. The highest BCUT2D eigenvalue weighted by molar-refractivity contribution is 6.31. The van der Waals surface area contributed by atoms with Gasteiger partial charge < -0.3 is 15.0 Å². The van der Waals surface area contributed by atoms with Crippen LogP contribution in [0.4, 0.5) is 11.4 Å². The van der Waals surface area contributed by atoms with Crippen molar-refractivity contribution in [1.82, 2.24) is 0 Å². The summed E-state index contributed by atoms with van der Waals surface area (Å²) in [5, 5.41) is 12.7. The Morgan fingerprint density at radius 2 is 1.96 bits per heavy atom. The van der Waals surface area contributed by atoms with E-state index in [2.05, 4.69) is 24.1 Å². The van der Waals surface area contributed by atoms with Crippen LogP contribution >= 0.6 is 11.6 Å². The van der Waals surface area contributed by atoms with E-state index < -0.39 is 5.91 Å². The standard InChI is InChI=1S/C22H24ClN3O2/c1-5-26(6-2)19-10-8-16(21(13-19)28-4)11-17(14-24)22(27)25-18-9-7-15(3)20(23)12-18/h7-13H,5-6H2,1-4H3,(H,25,27)/b17-11-. The Morgan fingerprint density at radius 1 is 1.25 bits per heavy atom. The average molecular weight is 398 g/mol. The zero-order valence-electron chi connectivity index (χ0n) is 16.5. The number of benzene rings is 2. The molecule has 0 saturated heterocycles. The lowest BCUT2D eigenvalue weighted by atomic mass is 10.1. The topological polar surface area (TPSA) is 65.4 Å². The van der Waals surface area contributed by atoms with Crippen molar-refractivity contribution < 1.29 is 9.53 Å². The summed E-state index contributed by atoms with van der Waals surface area (Å²) >= 11 is 6.09. The molecule has 5 nitrogen and oxygen atoms in total. The average Bonchev–Trinajstić information content (AvgIpc) is 2.70. The van der Waals surface area contributed by atoms with Gasteiger partial charge in [0, 0.05) is 41.1 Å². The van der Waals surface area contributed by atoms with Gasteiger partial charge in [-0.05, 0) is 56.7 Å². The van der Waals surface area contributed by atoms with Crippen molar-refractivity contribution in [2.75, 3.05) is 30.4 Å². The van der Waals surface area contributed by atoms with E-state index in [9.17, 15) is 10.1 Å². The van der Waals surface area contributed by atoms with Crippen LogP contribution in [0.15, 0.2) is 42.0 Å². The number of hydrogen-bond donors (Lipinski definition) is 1. The van der Waals surface area contributed by atoms with Gasteiger partial charge in [-0.1, -0.05) is 17.7 Å². The van der Waals surface area contributed by atoms with E-state index in [0.717, 1.165) is 24.3 Å². The van der Waals surface area contributed by atoms with Crippen LogP contribution in [-0.2, 0) is 4.79 Å². The quantitative estimate of drug-likeness (QED) is 0.524. The predicted octanol–water partition coefficient (Wildman–Crippen LogP) is 5.05. The second kappa shape index (κ2) is 9.82. The number of ether oxygens (including phenoxy) is 1. The molecule has 1 N–H and O–H groups in total. The number of carbonyl (C=O) groups excluding carboxylic acids is 1. The Morgan fingerprint density at radius 3 is 2.54 bits per heavy atom. The van der Waals surface area contributed by atoms with Crippen molar-refractivity contribution in [2.24, 2.45) is 0 Å². The van der Waals surface area contributed by atoms with E-state index >= 15 is 0 Å². The molecule has 2 aromatic rings. The third-order valence-electron chi connectivity index (χ3n) is 4.44. The molecule has 0 saturated carbocycles. The Bertz CT molecular complexity index is 928. The molecule has 6 heteroatoms. The number of carbonyl (C=O) groups is 1. The second-order valence-corrected chi connectivity index (χ2v) is 6.59. The van der Waals surface area contributed by atoms with Gasteiger partial charge in [0.1, 0.15) is 17.4 Å². The number of hydrogen-bond acceptors (Lipinski definition) is 4. The van der Waals surface area contributed by atoms with Crippen molar-refractivity contribution in [3.8, 4) is 11.8 Å². The highest BCUT2D eigenvalue weighted by Crippen LogP contribution is 2.28. The minimum atomic E-state index is -0.503. The molecule has 0 aliphatic rings. The van der Waals surface area contributed by atoms with Crippen LogP contribution in [0.1, 0.15) is 25.0 Å². The third-order valence-corrected chi connectivity index (χ3v) is 4.85. The molecule has 0 bridgehead atoms. The van der Waals surface area contributed by atoms with Gasteiger partial charge in [-0.2, -0.15) is 5.26 Å². The van der Waals surface area contributed by atoms with E-state index in [1.807, 2.05) is 37.3 Å².